The first-order valence-electron chi connectivity index (χ1n) is 3.85. The van der Waals surface area contributed by atoms with E-state index >= 15 is 0 Å². The monoisotopic (exact) mass is 152 g/mol. The number of allylic oxidation sites excluding steroid dienone is 1. The van der Waals surface area contributed by atoms with Crippen molar-refractivity contribution in [3.63, 3.8) is 0 Å². The molecule has 0 fully saturated rings. The van der Waals surface area contributed by atoms with Crippen molar-refractivity contribution >= 4 is 0 Å². The molecule has 0 unspecified atom stereocenters. The van der Waals surface area contributed by atoms with Crippen LogP contribution < -0.4 is 0 Å². The predicted octanol–water partition coefficient (Wildman–Crippen LogP) is 2.59. The van der Waals surface area contributed by atoms with Crippen molar-refractivity contribution in [2.45, 2.75) is 27.7 Å². The topological polar surface area (TPSA) is 9.23 Å². The Bertz CT molecular complexity index is 173. The molecular weight excluding hydrogens is 136 g/mol. The lowest BCUT2D eigenvalue weighted by Gasteiger charge is -2.05. The molecule has 0 atom stereocenters. The third-order valence-electron chi connectivity index (χ3n) is 0.861. The molecule has 62 valence electrons. The van der Waals surface area contributed by atoms with Gasteiger partial charge < -0.3 is 4.74 Å². The normalized spacial score (nSPS) is 10.9. The van der Waals surface area contributed by atoms with Crippen molar-refractivity contribution in [3.05, 3.63) is 12.3 Å². The summed E-state index contributed by atoms with van der Waals surface area (Å²) in [6, 6.07) is 0. The van der Waals surface area contributed by atoms with E-state index in [-0.39, 0.29) is 5.41 Å². The molecule has 0 spiro atoms. The van der Waals surface area contributed by atoms with E-state index in [1.165, 1.54) is 0 Å². The van der Waals surface area contributed by atoms with Crippen LogP contribution in [0.2, 0.25) is 0 Å². The first-order chi connectivity index (χ1) is 5.06. The van der Waals surface area contributed by atoms with Crippen LogP contribution in [0.5, 0.6) is 0 Å². The standard InChI is InChI=1S/C10H16O/c1-5-11-9-7-6-8-10(2,3)4/h7,9H,5H2,1-4H3/b9-7+. The number of hydrogen-bond acceptors (Lipinski definition) is 1. The summed E-state index contributed by atoms with van der Waals surface area (Å²) in [5.41, 5.74) is 0.0799. The van der Waals surface area contributed by atoms with E-state index in [1.54, 1.807) is 12.3 Å². The van der Waals surface area contributed by atoms with Gasteiger partial charge in [-0.05, 0) is 27.7 Å². The Labute approximate surface area is 69.4 Å². The highest BCUT2D eigenvalue weighted by molar-refractivity contribution is 5.17. The highest BCUT2D eigenvalue weighted by atomic mass is 16.5. The minimum absolute atomic E-state index is 0.0799. The molecule has 0 aliphatic carbocycles. The maximum atomic E-state index is 4.97. The molecule has 11 heavy (non-hydrogen) atoms. The molecule has 0 aliphatic heterocycles. The second-order valence-electron chi connectivity index (χ2n) is 3.28. The summed E-state index contributed by atoms with van der Waals surface area (Å²) in [7, 11) is 0. The molecule has 0 aromatic heterocycles. The van der Waals surface area contributed by atoms with E-state index in [1.807, 2.05) is 6.92 Å². The summed E-state index contributed by atoms with van der Waals surface area (Å²) in [6.45, 7) is 8.88. The zero-order valence-electron chi connectivity index (χ0n) is 7.77. The summed E-state index contributed by atoms with van der Waals surface area (Å²) in [6.07, 6.45) is 3.35. The fourth-order valence-electron chi connectivity index (χ4n) is 0.437. The Morgan fingerprint density at radius 2 is 2.00 bits per heavy atom. The first-order valence-corrected chi connectivity index (χ1v) is 3.85. The van der Waals surface area contributed by atoms with Gasteiger partial charge in [-0.3, -0.25) is 0 Å². The van der Waals surface area contributed by atoms with Crippen molar-refractivity contribution in [2.75, 3.05) is 6.61 Å². The third kappa shape index (κ3) is 9.10. The SMILES string of the molecule is CCO/C=C/C#CC(C)(C)C. The van der Waals surface area contributed by atoms with Crippen LogP contribution in [0, 0.1) is 17.3 Å². The minimum Gasteiger partial charge on any atom is -0.501 e. The molecule has 0 saturated heterocycles. The van der Waals surface area contributed by atoms with Crippen LogP contribution in [0.25, 0.3) is 0 Å². The minimum atomic E-state index is 0.0799. The van der Waals surface area contributed by atoms with Gasteiger partial charge >= 0.3 is 0 Å². The molecule has 0 radical (unpaired) electrons. The van der Waals surface area contributed by atoms with Crippen molar-refractivity contribution < 1.29 is 4.74 Å². The lowest BCUT2D eigenvalue weighted by atomic mass is 9.98. The summed E-state index contributed by atoms with van der Waals surface area (Å²) < 4.78 is 4.97. The van der Waals surface area contributed by atoms with Gasteiger partial charge in [0.25, 0.3) is 0 Å². The summed E-state index contributed by atoms with van der Waals surface area (Å²) >= 11 is 0. The number of ether oxygens (including phenoxy) is 1. The van der Waals surface area contributed by atoms with Gasteiger partial charge in [0.15, 0.2) is 0 Å². The first kappa shape index (κ1) is 10.1. The van der Waals surface area contributed by atoms with Gasteiger partial charge in [0.2, 0.25) is 0 Å². The van der Waals surface area contributed by atoms with Crippen molar-refractivity contribution in [1.29, 1.82) is 0 Å². The predicted molar refractivity (Wildman–Crippen MR) is 48.0 cm³/mol. The molecule has 0 aromatic carbocycles. The lowest BCUT2D eigenvalue weighted by molar-refractivity contribution is 0.269. The van der Waals surface area contributed by atoms with Crippen molar-refractivity contribution in [1.82, 2.24) is 0 Å². The maximum absolute atomic E-state index is 4.97. The quantitative estimate of drug-likeness (QED) is 0.436. The van der Waals surface area contributed by atoms with E-state index in [0.717, 1.165) is 0 Å². The fraction of sp³-hybridized carbons (Fsp3) is 0.600. The fourth-order valence-corrected chi connectivity index (χ4v) is 0.437. The van der Waals surface area contributed by atoms with Gasteiger partial charge in [-0.2, -0.15) is 0 Å². The van der Waals surface area contributed by atoms with Crippen LogP contribution in [0.1, 0.15) is 27.7 Å². The van der Waals surface area contributed by atoms with Crippen LogP contribution in [-0.2, 0) is 4.74 Å². The number of hydrogen-bond donors (Lipinski definition) is 0. The smallest absolute Gasteiger partial charge is 0.0912 e. The zero-order valence-corrected chi connectivity index (χ0v) is 7.77. The second kappa shape index (κ2) is 4.85. The Balaban J connectivity index is 3.72. The van der Waals surface area contributed by atoms with Crippen LogP contribution in [0.3, 0.4) is 0 Å². The molecule has 0 heterocycles. The largest absolute Gasteiger partial charge is 0.501 e. The van der Waals surface area contributed by atoms with E-state index in [0.29, 0.717) is 6.61 Å². The lowest BCUT2D eigenvalue weighted by Crippen LogP contribution is -1.98. The molecule has 0 N–H and O–H groups in total. The van der Waals surface area contributed by atoms with E-state index < -0.39 is 0 Å². The molecular formula is C10H16O. The van der Waals surface area contributed by atoms with Crippen LogP contribution >= 0.6 is 0 Å². The highest BCUT2D eigenvalue weighted by Crippen LogP contribution is 2.09. The van der Waals surface area contributed by atoms with Gasteiger partial charge in [-0.1, -0.05) is 11.8 Å². The molecule has 1 nitrogen and oxygen atoms in total. The van der Waals surface area contributed by atoms with Crippen LogP contribution in [0.4, 0.5) is 0 Å². The third-order valence-corrected chi connectivity index (χ3v) is 0.861. The van der Waals surface area contributed by atoms with Gasteiger partial charge in [-0.25, -0.2) is 0 Å². The average molecular weight is 152 g/mol. The molecule has 0 amide bonds. The Kier molecular flexibility index (Phi) is 4.45. The van der Waals surface area contributed by atoms with E-state index in [2.05, 4.69) is 32.6 Å². The molecule has 0 bridgehead atoms. The summed E-state index contributed by atoms with van der Waals surface area (Å²) in [5.74, 6) is 5.97. The van der Waals surface area contributed by atoms with Gasteiger partial charge in [0.1, 0.15) is 0 Å². The van der Waals surface area contributed by atoms with Gasteiger partial charge in [0, 0.05) is 11.5 Å². The molecule has 0 rings (SSSR count). The summed E-state index contributed by atoms with van der Waals surface area (Å²) in [5, 5.41) is 0. The second-order valence-corrected chi connectivity index (χ2v) is 3.28. The van der Waals surface area contributed by atoms with Crippen molar-refractivity contribution in [3.8, 4) is 11.8 Å². The van der Waals surface area contributed by atoms with Crippen LogP contribution in [-0.4, -0.2) is 6.61 Å². The van der Waals surface area contributed by atoms with Crippen LogP contribution in [0.15, 0.2) is 12.3 Å². The van der Waals surface area contributed by atoms with Gasteiger partial charge in [-0.15, -0.1) is 0 Å². The Morgan fingerprint density at radius 1 is 1.36 bits per heavy atom. The maximum Gasteiger partial charge on any atom is 0.0912 e. The molecule has 0 aromatic rings. The molecule has 1 heteroatoms. The molecule has 0 aliphatic rings. The van der Waals surface area contributed by atoms with E-state index in [9.17, 15) is 0 Å². The zero-order chi connectivity index (χ0) is 8.74. The van der Waals surface area contributed by atoms with Gasteiger partial charge in [0.05, 0.1) is 12.9 Å². The Hall–Kier alpha value is -0.900. The number of rotatable bonds is 2. The molecule has 0 saturated carbocycles. The Morgan fingerprint density at radius 3 is 2.45 bits per heavy atom. The van der Waals surface area contributed by atoms with Crippen molar-refractivity contribution in [2.24, 2.45) is 5.41 Å². The summed E-state index contributed by atoms with van der Waals surface area (Å²) in [4.78, 5) is 0. The van der Waals surface area contributed by atoms with E-state index in [4.69, 9.17) is 4.74 Å². The average Bonchev–Trinajstić information content (AvgIpc) is 1.85. The highest BCUT2D eigenvalue weighted by Gasteiger charge is 2.01.